The van der Waals surface area contributed by atoms with E-state index in [0.717, 1.165) is 11.3 Å². The van der Waals surface area contributed by atoms with Crippen LogP contribution in [0.25, 0.3) is 0 Å². The molecule has 23 heavy (non-hydrogen) atoms. The summed E-state index contributed by atoms with van der Waals surface area (Å²) in [5.41, 5.74) is 2.46. The third-order valence-electron chi connectivity index (χ3n) is 3.61. The van der Waals surface area contributed by atoms with Gasteiger partial charge in [-0.25, -0.2) is 4.68 Å². The Morgan fingerprint density at radius 1 is 1.39 bits per heavy atom. The third kappa shape index (κ3) is 3.42. The zero-order chi connectivity index (χ0) is 16.4. The van der Waals surface area contributed by atoms with Gasteiger partial charge >= 0.3 is 0 Å². The Bertz CT molecular complexity index is 756. The Kier molecular flexibility index (Phi) is 4.42. The fourth-order valence-electron chi connectivity index (χ4n) is 2.37. The lowest BCUT2D eigenvalue weighted by Gasteiger charge is -2.17. The quantitative estimate of drug-likeness (QED) is 0.667. The number of aromatic nitrogens is 4. The molecule has 120 valence electrons. The first-order valence-corrected chi connectivity index (χ1v) is 8.40. The van der Waals surface area contributed by atoms with Crippen molar-refractivity contribution in [1.82, 2.24) is 20.2 Å². The third-order valence-corrected chi connectivity index (χ3v) is 4.54. The lowest BCUT2D eigenvalue weighted by molar-refractivity contribution is -0.116. The van der Waals surface area contributed by atoms with Gasteiger partial charge in [0.15, 0.2) is 5.78 Å². The number of Topliss-reactive ketones (excluding diaryl/α,β-unsaturated/α-hetero) is 1. The number of thioether (sulfide) groups is 1. The van der Waals surface area contributed by atoms with Crippen molar-refractivity contribution >= 4 is 29.1 Å². The number of carbonyl (C=O) groups is 2. The van der Waals surface area contributed by atoms with E-state index in [1.54, 1.807) is 16.8 Å². The van der Waals surface area contributed by atoms with Gasteiger partial charge in [0.1, 0.15) is 0 Å². The molecule has 0 fully saturated rings. The van der Waals surface area contributed by atoms with Gasteiger partial charge in [0, 0.05) is 17.7 Å². The maximum Gasteiger partial charge on any atom is 0.224 e. The van der Waals surface area contributed by atoms with Crippen LogP contribution in [-0.2, 0) is 11.2 Å². The Balaban J connectivity index is 1.69. The number of anilines is 1. The maximum absolute atomic E-state index is 12.4. The number of hydrogen-bond donors (Lipinski definition) is 1. The molecule has 0 bridgehead atoms. The van der Waals surface area contributed by atoms with Crippen molar-refractivity contribution in [2.24, 2.45) is 0 Å². The van der Waals surface area contributed by atoms with E-state index in [9.17, 15) is 9.59 Å². The van der Waals surface area contributed by atoms with Crippen LogP contribution in [0.15, 0.2) is 23.4 Å². The molecule has 7 nitrogen and oxygen atoms in total. The number of hydrogen-bond acceptors (Lipinski definition) is 6. The molecule has 2 heterocycles. The number of fused-ring (bicyclic) bond motifs is 1. The average molecular weight is 331 g/mol. The molecule has 0 unspecified atom stereocenters. The average Bonchev–Trinajstić information content (AvgIpc) is 3.00. The van der Waals surface area contributed by atoms with Gasteiger partial charge in [-0.2, -0.15) is 0 Å². The minimum atomic E-state index is 0.0210. The smallest absolute Gasteiger partial charge is 0.224 e. The molecule has 1 aliphatic rings. The van der Waals surface area contributed by atoms with Gasteiger partial charge in [-0.15, -0.1) is 5.10 Å². The van der Waals surface area contributed by atoms with Gasteiger partial charge in [-0.1, -0.05) is 11.8 Å². The van der Waals surface area contributed by atoms with Gasteiger partial charge < -0.3 is 5.32 Å². The molecule has 8 heteroatoms. The highest BCUT2D eigenvalue weighted by Crippen LogP contribution is 2.25. The number of nitrogens with zero attached hydrogens (tertiary/aromatic N) is 4. The van der Waals surface area contributed by atoms with E-state index in [0.29, 0.717) is 23.6 Å². The lowest BCUT2D eigenvalue weighted by atomic mass is 9.99. The van der Waals surface area contributed by atoms with Crippen molar-refractivity contribution in [2.45, 2.75) is 37.9 Å². The molecular formula is C15H17N5O2S. The molecule has 1 aliphatic heterocycles. The van der Waals surface area contributed by atoms with Gasteiger partial charge in [0.05, 0.1) is 11.8 Å². The van der Waals surface area contributed by atoms with E-state index in [4.69, 9.17) is 0 Å². The number of aryl methyl sites for hydroxylation is 1. The van der Waals surface area contributed by atoms with Gasteiger partial charge in [-0.3, -0.25) is 9.59 Å². The zero-order valence-electron chi connectivity index (χ0n) is 12.9. The van der Waals surface area contributed by atoms with Crippen LogP contribution in [0, 0.1) is 0 Å². The zero-order valence-corrected chi connectivity index (χ0v) is 13.8. The molecule has 2 aromatic rings. The summed E-state index contributed by atoms with van der Waals surface area (Å²) in [5, 5.41) is 15.0. The number of ketones is 1. The molecule has 1 N–H and O–H groups in total. The SMILES string of the molecule is CC(C)n1nnnc1SCC(=O)c1ccc2c(c1)CCC(=O)N2. The minimum absolute atomic E-state index is 0.0210. The molecule has 1 aromatic carbocycles. The lowest BCUT2D eigenvalue weighted by Crippen LogP contribution is -2.19. The summed E-state index contributed by atoms with van der Waals surface area (Å²) in [4.78, 5) is 23.7. The second-order valence-corrected chi connectivity index (χ2v) is 6.57. The van der Waals surface area contributed by atoms with Crippen LogP contribution < -0.4 is 5.32 Å². The highest BCUT2D eigenvalue weighted by atomic mass is 32.2. The van der Waals surface area contributed by atoms with Crippen molar-refractivity contribution in [3.8, 4) is 0 Å². The summed E-state index contributed by atoms with van der Waals surface area (Å²) in [6, 6.07) is 5.56. The number of amides is 1. The van der Waals surface area contributed by atoms with Crippen molar-refractivity contribution < 1.29 is 9.59 Å². The predicted molar refractivity (Wildman–Crippen MR) is 86.6 cm³/mol. The summed E-state index contributed by atoms with van der Waals surface area (Å²) < 4.78 is 1.69. The van der Waals surface area contributed by atoms with Crippen LogP contribution >= 0.6 is 11.8 Å². The van der Waals surface area contributed by atoms with Crippen molar-refractivity contribution in [1.29, 1.82) is 0 Å². The highest BCUT2D eigenvalue weighted by molar-refractivity contribution is 7.99. The number of nitrogens with one attached hydrogen (secondary N) is 1. The first-order chi connectivity index (χ1) is 11.0. The van der Waals surface area contributed by atoms with E-state index in [1.165, 1.54) is 11.8 Å². The molecule has 0 radical (unpaired) electrons. The second kappa shape index (κ2) is 6.49. The summed E-state index contributed by atoms with van der Waals surface area (Å²) in [6.45, 7) is 3.97. The summed E-state index contributed by atoms with van der Waals surface area (Å²) in [6.07, 6.45) is 1.13. The van der Waals surface area contributed by atoms with Crippen molar-refractivity contribution in [2.75, 3.05) is 11.1 Å². The van der Waals surface area contributed by atoms with E-state index < -0.39 is 0 Å². The number of carbonyl (C=O) groups excluding carboxylic acids is 2. The monoisotopic (exact) mass is 331 g/mol. The molecule has 0 spiro atoms. The van der Waals surface area contributed by atoms with Gasteiger partial charge in [0.25, 0.3) is 0 Å². The highest BCUT2D eigenvalue weighted by Gasteiger charge is 2.18. The first-order valence-electron chi connectivity index (χ1n) is 7.41. The number of rotatable bonds is 5. The van der Waals surface area contributed by atoms with Crippen LogP contribution in [0.5, 0.6) is 0 Å². The van der Waals surface area contributed by atoms with E-state index in [2.05, 4.69) is 20.8 Å². The Morgan fingerprint density at radius 2 is 2.22 bits per heavy atom. The maximum atomic E-state index is 12.4. The summed E-state index contributed by atoms with van der Waals surface area (Å²) in [5.74, 6) is 0.318. The Labute approximate surface area is 137 Å². The molecule has 3 rings (SSSR count). The van der Waals surface area contributed by atoms with Gasteiger partial charge in [0.2, 0.25) is 11.1 Å². The largest absolute Gasteiger partial charge is 0.326 e. The van der Waals surface area contributed by atoms with Crippen LogP contribution in [-0.4, -0.2) is 37.7 Å². The molecule has 0 saturated carbocycles. The van der Waals surface area contributed by atoms with E-state index in [1.807, 2.05) is 19.9 Å². The van der Waals surface area contributed by atoms with E-state index in [-0.39, 0.29) is 23.5 Å². The Hall–Kier alpha value is -2.22. The van der Waals surface area contributed by atoms with Crippen molar-refractivity contribution in [3.05, 3.63) is 29.3 Å². The molecular weight excluding hydrogens is 314 g/mol. The first kappa shape index (κ1) is 15.7. The molecule has 1 aromatic heterocycles. The molecule has 1 amide bonds. The normalized spacial score (nSPS) is 13.8. The summed E-state index contributed by atoms with van der Waals surface area (Å²) in [7, 11) is 0. The van der Waals surface area contributed by atoms with Crippen LogP contribution in [0.4, 0.5) is 5.69 Å². The summed E-state index contributed by atoms with van der Waals surface area (Å²) >= 11 is 1.33. The molecule has 0 aliphatic carbocycles. The number of benzene rings is 1. The van der Waals surface area contributed by atoms with Gasteiger partial charge in [-0.05, 0) is 54.5 Å². The molecule has 0 saturated heterocycles. The fourth-order valence-corrected chi connectivity index (χ4v) is 3.28. The topological polar surface area (TPSA) is 89.8 Å². The Morgan fingerprint density at radius 3 is 3.00 bits per heavy atom. The minimum Gasteiger partial charge on any atom is -0.326 e. The molecule has 0 atom stereocenters. The van der Waals surface area contributed by atoms with Crippen LogP contribution in [0.2, 0.25) is 0 Å². The second-order valence-electron chi connectivity index (χ2n) is 5.63. The van der Waals surface area contributed by atoms with Crippen LogP contribution in [0.3, 0.4) is 0 Å². The fraction of sp³-hybridized carbons (Fsp3) is 0.400. The van der Waals surface area contributed by atoms with E-state index >= 15 is 0 Å². The predicted octanol–water partition coefficient (Wildman–Crippen LogP) is 2.11. The standard InChI is InChI=1S/C15H17N5O2S/c1-9(2)20-15(17-18-19-20)23-8-13(21)11-3-5-12-10(7-11)4-6-14(22)16-12/h3,5,7,9H,4,6,8H2,1-2H3,(H,16,22). The number of tetrazole rings is 1. The van der Waals surface area contributed by atoms with Crippen molar-refractivity contribution in [3.63, 3.8) is 0 Å². The van der Waals surface area contributed by atoms with Crippen LogP contribution in [0.1, 0.15) is 42.2 Å².